The average molecular weight is 373 g/mol. The van der Waals surface area contributed by atoms with Crippen molar-refractivity contribution in [2.45, 2.75) is 31.7 Å². The van der Waals surface area contributed by atoms with Gasteiger partial charge in [0.2, 0.25) is 11.8 Å². The molecule has 0 saturated carbocycles. The molecule has 1 aromatic heterocycles. The summed E-state index contributed by atoms with van der Waals surface area (Å²) in [7, 11) is 0. The highest BCUT2D eigenvalue weighted by Crippen LogP contribution is 2.31. The number of hydrogen-bond donors (Lipinski definition) is 2. The summed E-state index contributed by atoms with van der Waals surface area (Å²) in [6, 6.07) is 6.06. The molecule has 2 aromatic rings. The lowest BCUT2D eigenvalue weighted by Gasteiger charge is -2.22. The van der Waals surface area contributed by atoms with E-state index in [2.05, 4.69) is 27.7 Å². The van der Waals surface area contributed by atoms with Crippen LogP contribution in [0.15, 0.2) is 29.4 Å². The molecule has 0 aliphatic carbocycles. The molecule has 2 amide bonds. The van der Waals surface area contributed by atoms with Crippen LogP contribution in [0.1, 0.15) is 24.5 Å². The van der Waals surface area contributed by atoms with Gasteiger partial charge >= 0.3 is 0 Å². The highest BCUT2D eigenvalue weighted by Gasteiger charge is 2.36. The van der Waals surface area contributed by atoms with E-state index in [9.17, 15) is 9.59 Å². The Balaban J connectivity index is 1.56. The highest BCUT2D eigenvalue weighted by atomic mass is 32.2. The van der Waals surface area contributed by atoms with E-state index in [0.717, 1.165) is 28.3 Å². The van der Waals surface area contributed by atoms with Gasteiger partial charge in [-0.2, -0.15) is 10.3 Å². The first-order valence-electron chi connectivity index (χ1n) is 8.75. The number of H-pyrrole nitrogens is 1. The zero-order chi connectivity index (χ0) is 18.5. The van der Waals surface area contributed by atoms with Crippen molar-refractivity contribution in [1.82, 2.24) is 20.7 Å². The van der Waals surface area contributed by atoms with E-state index in [1.165, 1.54) is 11.8 Å². The maximum atomic E-state index is 12.5. The third kappa shape index (κ3) is 4.07. The summed E-state index contributed by atoms with van der Waals surface area (Å²) in [5, 5.41) is 14.0. The lowest BCUT2D eigenvalue weighted by atomic mass is 10.0. The number of hydrogen-bond acceptors (Lipinski definition) is 5. The van der Waals surface area contributed by atoms with E-state index in [-0.39, 0.29) is 24.2 Å². The minimum Gasteiger partial charge on any atom is -0.355 e. The second-order valence-electron chi connectivity index (χ2n) is 6.29. The highest BCUT2D eigenvalue weighted by molar-refractivity contribution is 7.99. The number of rotatable bonds is 7. The summed E-state index contributed by atoms with van der Waals surface area (Å²) < 4.78 is 0. The number of benzene rings is 1. The summed E-state index contributed by atoms with van der Waals surface area (Å²) in [4.78, 5) is 26.7. The van der Waals surface area contributed by atoms with Crippen LogP contribution >= 0.6 is 11.8 Å². The molecule has 138 valence electrons. The molecule has 1 atom stereocenters. The second-order valence-corrected chi connectivity index (χ2v) is 7.40. The quantitative estimate of drug-likeness (QED) is 0.572. The average Bonchev–Trinajstić information content (AvgIpc) is 3.28. The molecule has 1 aliphatic rings. The molecule has 7 nitrogen and oxygen atoms in total. The van der Waals surface area contributed by atoms with E-state index < -0.39 is 0 Å². The number of aromatic nitrogens is 3. The molecular weight excluding hydrogens is 350 g/mol. The molecule has 3 rings (SSSR count). The minimum absolute atomic E-state index is 0.0196. The van der Waals surface area contributed by atoms with Gasteiger partial charge in [0.05, 0.1) is 12.1 Å². The normalized spacial score (nSPS) is 16.9. The molecule has 1 fully saturated rings. The number of amides is 2. The fraction of sp³-hybridized carbons (Fsp3) is 0.444. The van der Waals surface area contributed by atoms with Crippen molar-refractivity contribution in [3.05, 3.63) is 35.5 Å². The molecule has 0 radical (unpaired) electrons. The fourth-order valence-electron chi connectivity index (χ4n) is 3.23. The Hall–Kier alpha value is -2.35. The van der Waals surface area contributed by atoms with Crippen LogP contribution in [0.5, 0.6) is 0 Å². The molecule has 0 bridgehead atoms. The molecular formula is C18H23N5O2S. The van der Waals surface area contributed by atoms with Crippen LogP contribution in [-0.4, -0.2) is 46.1 Å². The monoisotopic (exact) mass is 373 g/mol. The number of carbonyl (C=O) groups excluding carboxylic acids is 2. The van der Waals surface area contributed by atoms with E-state index in [0.29, 0.717) is 18.8 Å². The van der Waals surface area contributed by atoms with Gasteiger partial charge in [0.15, 0.2) is 0 Å². The summed E-state index contributed by atoms with van der Waals surface area (Å²) >= 11 is 1.52. The van der Waals surface area contributed by atoms with Gasteiger partial charge in [-0.15, -0.1) is 16.9 Å². The number of aryl methyl sites for hydroxylation is 2. The Morgan fingerprint density at radius 1 is 1.46 bits per heavy atom. The Morgan fingerprint density at radius 3 is 3.04 bits per heavy atom. The Kier molecular flexibility index (Phi) is 5.92. The van der Waals surface area contributed by atoms with Crippen LogP contribution in [0.2, 0.25) is 0 Å². The van der Waals surface area contributed by atoms with Crippen LogP contribution in [0.3, 0.4) is 0 Å². The van der Waals surface area contributed by atoms with E-state index in [1.54, 1.807) is 11.1 Å². The Bertz CT molecular complexity index is 778. The van der Waals surface area contributed by atoms with Crippen molar-refractivity contribution in [2.75, 3.05) is 23.7 Å². The number of para-hydroxylation sites is 1. The van der Waals surface area contributed by atoms with Gasteiger partial charge in [-0.3, -0.25) is 9.59 Å². The summed E-state index contributed by atoms with van der Waals surface area (Å²) in [5.74, 6) is 0.365. The third-order valence-electron chi connectivity index (χ3n) is 4.51. The van der Waals surface area contributed by atoms with Crippen LogP contribution in [-0.2, 0) is 16.0 Å². The lowest BCUT2D eigenvalue weighted by Crippen LogP contribution is -2.34. The van der Waals surface area contributed by atoms with E-state index in [1.807, 2.05) is 25.1 Å². The first kappa shape index (κ1) is 18.4. The van der Waals surface area contributed by atoms with Crippen molar-refractivity contribution in [3.63, 3.8) is 0 Å². The SMILES string of the molecule is CCc1cccc(C)c1N1C[C@H](C(=O)NCCSc2cn[nH]n2)CC1=O. The number of anilines is 1. The molecule has 1 aliphatic heterocycles. The molecule has 2 heterocycles. The van der Waals surface area contributed by atoms with Gasteiger partial charge in [-0.25, -0.2) is 0 Å². The first-order valence-corrected chi connectivity index (χ1v) is 9.73. The molecule has 0 spiro atoms. The number of nitrogens with one attached hydrogen (secondary N) is 2. The Morgan fingerprint density at radius 2 is 2.31 bits per heavy atom. The van der Waals surface area contributed by atoms with Gasteiger partial charge in [-0.1, -0.05) is 25.1 Å². The van der Waals surface area contributed by atoms with Crippen molar-refractivity contribution in [2.24, 2.45) is 5.92 Å². The zero-order valence-corrected chi connectivity index (χ0v) is 15.8. The number of nitrogens with zero attached hydrogens (tertiary/aromatic N) is 3. The number of carbonyl (C=O) groups is 2. The van der Waals surface area contributed by atoms with Gasteiger partial charge in [-0.05, 0) is 24.5 Å². The molecule has 2 N–H and O–H groups in total. The van der Waals surface area contributed by atoms with E-state index >= 15 is 0 Å². The fourth-order valence-corrected chi connectivity index (χ4v) is 3.87. The largest absolute Gasteiger partial charge is 0.355 e. The van der Waals surface area contributed by atoms with Crippen molar-refractivity contribution in [3.8, 4) is 0 Å². The standard InChI is InChI=1S/C18H23N5O2S/c1-3-13-6-4-5-12(2)17(13)23-11-14(9-16(23)24)18(25)19-7-8-26-15-10-20-22-21-15/h4-6,10,14H,3,7-9,11H2,1-2H3,(H,19,25)(H,20,21,22)/t14-/m1/s1. The number of aromatic amines is 1. The molecule has 0 unspecified atom stereocenters. The zero-order valence-electron chi connectivity index (χ0n) is 15.0. The van der Waals surface area contributed by atoms with Gasteiger partial charge in [0.1, 0.15) is 5.03 Å². The minimum atomic E-state index is -0.302. The maximum absolute atomic E-state index is 12.5. The van der Waals surface area contributed by atoms with Crippen LogP contribution < -0.4 is 10.2 Å². The predicted octanol–water partition coefficient (Wildman–Crippen LogP) is 1.94. The Labute approximate surface area is 156 Å². The first-order chi connectivity index (χ1) is 12.6. The third-order valence-corrected chi connectivity index (χ3v) is 5.41. The summed E-state index contributed by atoms with van der Waals surface area (Å²) in [6.07, 6.45) is 2.77. The predicted molar refractivity (Wildman–Crippen MR) is 101 cm³/mol. The second kappa shape index (κ2) is 8.35. The van der Waals surface area contributed by atoms with Crippen LogP contribution in [0, 0.1) is 12.8 Å². The molecule has 8 heteroatoms. The molecule has 1 saturated heterocycles. The van der Waals surface area contributed by atoms with Crippen LogP contribution in [0.25, 0.3) is 0 Å². The number of thioether (sulfide) groups is 1. The smallest absolute Gasteiger partial charge is 0.227 e. The van der Waals surface area contributed by atoms with Gasteiger partial charge in [0.25, 0.3) is 0 Å². The van der Waals surface area contributed by atoms with Gasteiger partial charge < -0.3 is 10.2 Å². The topological polar surface area (TPSA) is 91.0 Å². The molecule has 26 heavy (non-hydrogen) atoms. The maximum Gasteiger partial charge on any atom is 0.227 e. The van der Waals surface area contributed by atoms with Crippen molar-refractivity contribution < 1.29 is 9.59 Å². The van der Waals surface area contributed by atoms with E-state index in [4.69, 9.17) is 0 Å². The summed E-state index contributed by atoms with van der Waals surface area (Å²) in [5.41, 5.74) is 3.18. The molecule has 1 aromatic carbocycles. The van der Waals surface area contributed by atoms with Crippen molar-refractivity contribution >= 4 is 29.3 Å². The van der Waals surface area contributed by atoms with Gasteiger partial charge in [0, 0.05) is 31.0 Å². The van der Waals surface area contributed by atoms with Crippen LogP contribution in [0.4, 0.5) is 5.69 Å². The lowest BCUT2D eigenvalue weighted by molar-refractivity contribution is -0.126. The van der Waals surface area contributed by atoms with Crippen molar-refractivity contribution in [1.29, 1.82) is 0 Å². The summed E-state index contributed by atoms with van der Waals surface area (Å²) in [6.45, 7) is 5.07.